The van der Waals surface area contributed by atoms with E-state index in [0.717, 1.165) is 50.0 Å². The van der Waals surface area contributed by atoms with Gasteiger partial charge in [-0.25, -0.2) is 4.68 Å². The van der Waals surface area contributed by atoms with Gasteiger partial charge in [0.1, 0.15) is 0 Å². The number of hydrogen-bond acceptors (Lipinski definition) is 3. The van der Waals surface area contributed by atoms with Crippen molar-refractivity contribution in [2.45, 2.75) is 46.0 Å². The molecule has 0 spiro atoms. The maximum atomic E-state index is 5.54. The highest BCUT2D eigenvalue weighted by molar-refractivity contribution is 5.70. The van der Waals surface area contributed by atoms with Crippen LogP contribution in [0.3, 0.4) is 0 Å². The number of aryl methyl sites for hydroxylation is 1. The van der Waals surface area contributed by atoms with Crippen LogP contribution in [0, 0.1) is 11.8 Å². The minimum atomic E-state index is 0.716. The average Bonchev–Trinajstić information content (AvgIpc) is 3.31. The van der Waals surface area contributed by atoms with E-state index in [1.54, 1.807) is 0 Å². The Bertz CT molecular complexity index is 594. The van der Waals surface area contributed by atoms with Gasteiger partial charge in [-0.1, -0.05) is 20.1 Å². The van der Waals surface area contributed by atoms with Crippen LogP contribution in [-0.4, -0.2) is 36.1 Å². The van der Waals surface area contributed by atoms with Gasteiger partial charge in [0.15, 0.2) is 0 Å². The molecular formula is C20H31N3O. The molecule has 1 saturated carbocycles. The topological polar surface area (TPSA) is 30.3 Å². The number of rotatable bonds is 8. The Morgan fingerprint density at radius 1 is 1.25 bits per heavy atom. The summed E-state index contributed by atoms with van der Waals surface area (Å²) in [4.78, 5) is 2.59. The van der Waals surface area contributed by atoms with Crippen molar-refractivity contribution in [1.29, 1.82) is 0 Å². The Kier molecular flexibility index (Phi) is 5.44. The van der Waals surface area contributed by atoms with E-state index in [2.05, 4.69) is 25.0 Å². The van der Waals surface area contributed by atoms with Crippen molar-refractivity contribution in [1.82, 2.24) is 9.78 Å². The Balaban J connectivity index is 1.92. The smallest absolute Gasteiger partial charge is 0.0895 e. The number of aromatic nitrogens is 2. The second-order valence-corrected chi connectivity index (χ2v) is 7.29. The highest BCUT2D eigenvalue weighted by Crippen LogP contribution is 2.36. The molecule has 0 atom stereocenters. The number of allylic oxidation sites excluding steroid dienone is 1. The predicted molar refractivity (Wildman–Crippen MR) is 101 cm³/mol. The van der Waals surface area contributed by atoms with Crippen molar-refractivity contribution >= 4 is 17.5 Å². The lowest BCUT2D eigenvalue weighted by molar-refractivity contribution is 0.0681. The Hall–Kier alpha value is -1.55. The fourth-order valence-electron chi connectivity index (χ4n) is 3.64. The number of anilines is 1. The van der Waals surface area contributed by atoms with Crippen LogP contribution >= 0.6 is 0 Å². The Morgan fingerprint density at radius 2 is 1.88 bits per heavy atom. The first-order valence-electron chi connectivity index (χ1n) is 9.36. The second kappa shape index (κ2) is 7.56. The Labute approximate surface area is 146 Å². The molecule has 0 bridgehead atoms. The molecule has 1 aromatic heterocycles. The molecular weight excluding hydrogens is 298 g/mol. The fraction of sp³-hybridized carbons (Fsp3) is 0.650. The van der Waals surface area contributed by atoms with Crippen molar-refractivity contribution in [3.05, 3.63) is 24.5 Å². The molecule has 1 saturated heterocycles. The van der Waals surface area contributed by atoms with Crippen LogP contribution in [0.4, 0.5) is 5.69 Å². The molecule has 2 heterocycles. The zero-order valence-corrected chi connectivity index (χ0v) is 15.3. The summed E-state index contributed by atoms with van der Waals surface area (Å²) in [5.74, 6) is 1.56. The quantitative estimate of drug-likeness (QED) is 0.715. The van der Waals surface area contributed by atoms with E-state index < -0.39 is 0 Å². The van der Waals surface area contributed by atoms with E-state index in [-0.39, 0.29) is 0 Å². The first kappa shape index (κ1) is 17.3. The number of nitrogens with zero attached hydrogens (tertiary/aromatic N) is 3. The van der Waals surface area contributed by atoms with E-state index in [0.29, 0.717) is 5.92 Å². The maximum absolute atomic E-state index is 5.54. The normalized spacial score (nSPS) is 18.6. The van der Waals surface area contributed by atoms with Crippen LogP contribution < -0.4 is 4.90 Å². The molecule has 0 radical (unpaired) electrons. The van der Waals surface area contributed by atoms with Crippen molar-refractivity contribution in [3.63, 3.8) is 0 Å². The van der Waals surface area contributed by atoms with E-state index in [9.17, 15) is 0 Å². The highest BCUT2D eigenvalue weighted by atomic mass is 16.5. The maximum Gasteiger partial charge on any atom is 0.0895 e. The number of hydrogen-bond donors (Lipinski definition) is 0. The van der Waals surface area contributed by atoms with Gasteiger partial charge in [0.05, 0.1) is 17.1 Å². The predicted octanol–water partition coefficient (Wildman–Crippen LogP) is 4.22. The van der Waals surface area contributed by atoms with Crippen LogP contribution in [-0.2, 0) is 11.2 Å². The van der Waals surface area contributed by atoms with Crippen LogP contribution in [0.5, 0.6) is 0 Å². The molecule has 2 aliphatic rings. The summed E-state index contributed by atoms with van der Waals surface area (Å²) in [5.41, 5.74) is 4.50. The minimum Gasteiger partial charge on any atom is -0.381 e. The van der Waals surface area contributed by atoms with E-state index in [1.807, 2.05) is 17.7 Å². The first-order valence-corrected chi connectivity index (χ1v) is 9.36. The van der Waals surface area contributed by atoms with Crippen LogP contribution in [0.2, 0.25) is 0 Å². The summed E-state index contributed by atoms with van der Waals surface area (Å²) in [7, 11) is 0. The summed E-state index contributed by atoms with van der Waals surface area (Å²) >= 11 is 0. The van der Waals surface area contributed by atoms with Crippen LogP contribution in [0.25, 0.3) is 11.8 Å². The molecule has 4 nitrogen and oxygen atoms in total. The zero-order chi connectivity index (χ0) is 17.1. The molecule has 1 aliphatic carbocycles. The van der Waals surface area contributed by atoms with Gasteiger partial charge in [0.2, 0.25) is 0 Å². The lowest BCUT2D eigenvalue weighted by Gasteiger charge is -2.32. The molecule has 4 heteroatoms. The van der Waals surface area contributed by atoms with E-state index in [1.165, 1.54) is 37.1 Å². The molecule has 0 aromatic carbocycles. The molecule has 1 aromatic rings. The van der Waals surface area contributed by atoms with Crippen LogP contribution in [0.15, 0.2) is 13.2 Å². The molecule has 132 valence electrons. The summed E-state index contributed by atoms with van der Waals surface area (Å²) < 4.78 is 7.51. The number of ether oxygens (including phenoxy) is 1. The zero-order valence-electron chi connectivity index (χ0n) is 15.3. The van der Waals surface area contributed by atoms with Gasteiger partial charge in [0.25, 0.3) is 0 Å². The van der Waals surface area contributed by atoms with Gasteiger partial charge < -0.3 is 9.64 Å². The SMILES string of the molecule is C=Cc1c(N(CC2CCOCC2)CC2CC2)c(CC)nn1C(=C)C. The van der Waals surface area contributed by atoms with Crippen molar-refractivity contribution in [2.24, 2.45) is 11.8 Å². The molecule has 0 unspecified atom stereocenters. The third-order valence-corrected chi connectivity index (χ3v) is 5.17. The first-order chi connectivity index (χ1) is 11.6. The lowest BCUT2D eigenvalue weighted by Crippen LogP contribution is -2.34. The summed E-state index contributed by atoms with van der Waals surface area (Å²) in [6, 6.07) is 0. The monoisotopic (exact) mass is 329 g/mol. The van der Waals surface area contributed by atoms with Crippen molar-refractivity contribution in [3.8, 4) is 0 Å². The molecule has 1 aliphatic heterocycles. The Morgan fingerprint density at radius 3 is 2.38 bits per heavy atom. The molecule has 24 heavy (non-hydrogen) atoms. The lowest BCUT2D eigenvalue weighted by atomic mass is 9.99. The van der Waals surface area contributed by atoms with Gasteiger partial charge in [0, 0.05) is 32.0 Å². The van der Waals surface area contributed by atoms with Gasteiger partial charge in [-0.15, -0.1) is 0 Å². The van der Waals surface area contributed by atoms with Gasteiger partial charge >= 0.3 is 0 Å². The average molecular weight is 329 g/mol. The molecule has 0 N–H and O–H groups in total. The highest BCUT2D eigenvalue weighted by Gasteiger charge is 2.30. The third kappa shape index (κ3) is 3.75. The van der Waals surface area contributed by atoms with Gasteiger partial charge in [-0.3, -0.25) is 0 Å². The minimum absolute atomic E-state index is 0.716. The summed E-state index contributed by atoms with van der Waals surface area (Å²) in [5, 5.41) is 4.82. The van der Waals surface area contributed by atoms with E-state index in [4.69, 9.17) is 9.84 Å². The van der Waals surface area contributed by atoms with Crippen molar-refractivity contribution < 1.29 is 4.74 Å². The van der Waals surface area contributed by atoms with Gasteiger partial charge in [-0.05, 0) is 56.9 Å². The van der Waals surface area contributed by atoms with Gasteiger partial charge in [-0.2, -0.15) is 5.10 Å². The largest absolute Gasteiger partial charge is 0.381 e. The standard InChI is InChI=1S/C20H31N3O/c1-5-18-20(19(6-2)23(21-18)15(3)4)22(13-16-7-8-16)14-17-9-11-24-12-10-17/h6,16-17H,2-3,5,7-14H2,1,4H3. The molecule has 0 amide bonds. The summed E-state index contributed by atoms with van der Waals surface area (Å²) in [6.45, 7) is 16.4. The van der Waals surface area contributed by atoms with E-state index >= 15 is 0 Å². The third-order valence-electron chi connectivity index (χ3n) is 5.17. The second-order valence-electron chi connectivity index (χ2n) is 7.29. The molecule has 2 fully saturated rings. The van der Waals surface area contributed by atoms with Crippen LogP contribution in [0.1, 0.15) is 50.9 Å². The summed E-state index contributed by atoms with van der Waals surface area (Å²) in [6.07, 6.45) is 7.94. The van der Waals surface area contributed by atoms with Crippen molar-refractivity contribution in [2.75, 3.05) is 31.2 Å². The fourth-order valence-corrected chi connectivity index (χ4v) is 3.64. The molecule has 3 rings (SSSR count).